The maximum absolute atomic E-state index is 9.03. The highest BCUT2D eigenvalue weighted by molar-refractivity contribution is 5.64. The molecule has 0 saturated heterocycles. The lowest BCUT2D eigenvalue weighted by atomic mass is 10.1. The quantitative estimate of drug-likeness (QED) is 0.765. The van der Waals surface area contributed by atoms with Crippen LogP contribution in [0.3, 0.4) is 0 Å². The number of benzene rings is 1. The van der Waals surface area contributed by atoms with Gasteiger partial charge in [0.2, 0.25) is 0 Å². The molecule has 4 nitrogen and oxygen atoms in total. The molecule has 1 aromatic rings. The van der Waals surface area contributed by atoms with Crippen LogP contribution in [0.5, 0.6) is 0 Å². The van der Waals surface area contributed by atoms with Gasteiger partial charge in [-0.2, -0.15) is 5.26 Å². The first kappa shape index (κ1) is 12.5. The molecule has 0 saturated carbocycles. The molecule has 0 aromatic heterocycles. The van der Waals surface area contributed by atoms with Gasteiger partial charge >= 0.3 is 0 Å². The summed E-state index contributed by atoms with van der Waals surface area (Å²) in [4.78, 5) is 1.83. The minimum absolute atomic E-state index is 0.000791. The molecule has 0 aliphatic heterocycles. The van der Waals surface area contributed by atoms with Crippen LogP contribution in [0.4, 0.5) is 5.69 Å². The summed E-state index contributed by atoms with van der Waals surface area (Å²) in [5, 5.41) is 27.0. The zero-order chi connectivity index (χ0) is 12.0. The topological polar surface area (TPSA) is 67.5 Å². The number of aliphatic hydroxyl groups is 2. The van der Waals surface area contributed by atoms with Gasteiger partial charge in [-0.3, -0.25) is 0 Å². The molecule has 2 N–H and O–H groups in total. The minimum atomic E-state index is -0.000791. The number of hydrogen-bond acceptors (Lipinski definition) is 4. The molecule has 0 fully saturated rings. The van der Waals surface area contributed by atoms with E-state index in [9.17, 15) is 0 Å². The molecule has 0 atom stereocenters. The molecule has 4 heteroatoms. The number of nitrogens with zero attached hydrogens (tertiary/aromatic N) is 2. The third-order valence-electron chi connectivity index (χ3n) is 2.41. The van der Waals surface area contributed by atoms with Crippen molar-refractivity contribution >= 4 is 5.69 Å². The molecule has 0 spiro atoms. The molecule has 0 heterocycles. The summed E-state index contributed by atoms with van der Waals surface area (Å²) in [6.45, 7) is 2.75. The van der Waals surface area contributed by atoms with Gasteiger partial charge in [-0.1, -0.05) is 12.1 Å². The summed E-state index contributed by atoms with van der Waals surface area (Å²) < 4.78 is 0. The number of rotatable bonds is 5. The predicted molar refractivity (Wildman–Crippen MR) is 62.3 cm³/mol. The van der Waals surface area contributed by atoms with E-state index in [2.05, 4.69) is 6.07 Å². The van der Waals surface area contributed by atoms with Crippen molar-refractivity contribution in [1.82, 2.24) is 0 Å². The number of nitriles is 1. The summed E-state index contributed by atoms with van der Waals surface area (Å²) >= 11 is 0. The molecule has 0 aliphatic rings. The van der Waals surface area contributed by atoms with Crippen molar-refractivity contribution in [2.75, 3.05) is 31.2 Å². The first-order valence-electron chi connectivity index (χ1n) is 5.21. The monoisotopic (exact) mass is 220 g/mol. The van der Waals surface area contributed by atoms with Crippen LogP contribution in [0, 0.1) is 18.3 Å². The van der Waals surface area contributed by atoms with Gasteiger partial charge in [-0.15, -0.1) is 0 Å². The Labute approximate surface area is 95.4 Å². The van der Waals surface area contributed by atoms with Crippen molar-refractivity contribution in [3.8, 4) is 6.07 Å². The van der Waals surface area contributed by atoms with E-state index in [1.54, 1.807) is 6.07 Å². The summed E-state index contributed by atoms with van der Waals surface area (Å²) in [6.07, 6.45) is 0. The van der Waals surface area contributed by atoms with Crippen LogP contribution >= 0.6 is 0 Å². The molecule has 86 valence electrons. The van der Waals surface area contributed by atoms with E-state index < -0.39 is 0 Å². The summed E-state index contributed by atoms with van der Waals surface area (Å²) in [7, 11) is 0. The number of para-hydroxylation sites is 1. The molecule has 1 aromatic carbocycles. The lowest BCUT2D eigenvalue weighted by Gasteiger charge is -2.25. The Balaban J connectivity index is 3.11. The molecule has 1 rings (SSSR count). The molecule has 0 radical (unpaired) electrons. The van der Waals surface area contributed by atoms with Gasteiger partial charge in [0.15, 0.2) is 0 Å². The first-order chi connectivity index (χ1) is 7.74. The Bertz CT molecular complexity index is 379. The minimum Gasteiger partial charge on any atom is -0.395 e. The summed E-state index contributed by atoms with van der Waals surface area (Å²) in [5.74, 6) is 0. The van der Waals surface area contributed by atoms with E-state index in [4.69, 9.17) is 15.5 Å². The molecule has 0 aliphatic carbocycles. The fourth-order valence-electron chi connectivity index (χ4n) is 1.75. The number of hydrogen-bond donors (Lipinski definition) is 2. The highest BCUT2D eigenvalue weighted by Gasteiger charge is 2.12. The highest BCUT2D eigenvalue weighted by Crippen LogP contribution is 2.24. The standard InChI is InChI=1S/C12H16N2O2/c1-10-3-2-4-11(9-13)12(10)14(5-7-15)6-8-16/h2-4,15-16H,5-8H2,1H3. The summed E-state index contributed by atoms with van der Waals surface area (Å²) in [6, 6.07) is 7.61. The van der Waals surface area contributed by atoms with Crippen molar-refractivity contribution in [2.45, 2.75) is 6.92 Å². The molecule has 0 bridgehead atoms. The lowest BCUT2D eigenvalue weighted by molar-refractivity contribution is 0.281. The Kier molecular flexibility index (Phi) is 4.77. The van der Waals surface area contributed by atoms with Crippen LogP contribution in [0.1, 0.15) is 11.1 Å². The number of aliphatic hydroxyl groups excluding tert-OH is 2. The fourth-order valence-corrected chi connectivity index (χ4v) is 1.75. The van der Waals surface area contributed by atoms with Crippen LogP contribution in [-0.4, -0.2) is 36.5 Å². The predicted octanol–water partition coefficient (Wildman–Crippen LogP) is 0.658. The third-order valence-corrected chi connectivity index (χ3v) is 2.41. The van der Waals surface area contributed by atoms with Gasteiger partial charge in [0.1, 0.15) is 6.07 Å². The fraction of sp³-hybridized carbons (Fsp3) is 0.417. The summed E-state index contributed by atoms with van der Waals surface area (Å²) in [5.41, 5.74) is 2.34. The Morgan fingerprint density at radius 3 is 2.38 bits per heavy atom. The average Bonchev–Trinajstić information content (AvgIpc) is 2.28. The zero-order valence-electron chi connectivity index (χ0n) is 9.35. The van der Waals surface area contributed by atoms with Crippen molar-refractivity contribution < 1.29 is 10.2 Å². The molecular formula is C12H16N2O2. The van der Waals surface area contributed by atoms with Crippen LogP contribution < -0.4 is 4.90 Å². The number of anilines is 1. The third kappa shape index (κ3) is 2.72. The van der Waals surface area contributed by atoms with Crippen molar-refractivity contribution in [2.24, 2.45) is 0 Å². The van der Waals surface area contributed by atoms with E-state index in [1.807, 2.05) is 24.0 Å². The molecule has 0 amide bonds. The van der Waals surface area contributed by atoms with E-state index in [1.165, 1.54) is 0 Å². The largest absolute Gasteiger partial charge is 0.395 e. The second-order valence-corrected chi connectivity index (χ2v) is 3.52. The van der Waals surface area contributed by atoms with E-state index in [0.29, 0.717) is 18.7 Å². The van der Waals surface area contributed by atoms with E-state index in [-0.39, 0.29) is 13.2 Å². The SMILES string of the molecule is Cc1cccc(C#N)c1N(CCO)CCO. The zero-order valence-corrected chi connectivity index (χ0v) is 9.35. The smallest absolute Gasteiger partial charge is 0.101 e. The Morgan fingerprint density at radius 1 is 1.25 bits per heavy atom. The van der Waals surface area contributed by atoms with Crippen LogP contribution in [0.2, 0.25) is 0 Å². The van der Waals surface area contributed by atoms with Gasteiger partial charge in [0.25, 0.3) is 0 Å². The van der Waals surface area contributed by atoms with Gasteiger partial charge < -0.3 is 15.1 Å². The normalized spacial score (nSPS) is 9.88. The van der Waals surface area contributed by atoms with E-state index >= 15 is 0 Å². The van der Waals surface area contributed by atoms with E-state index in [0.717, 1.165) is 11.3 Å². The van der Waals surface area contributed by atoms with Gasteiger partial charge in [0.05, 0.1) is 24.5 Å². The van der Waals surface area contributed by atoms with Crippen LogP contribution in [0.15, 0.2) is 18.2 Å². The van der Waals surface area contributed by atoms with Gasteiger partial charge in [-0.05, 0) is 18.6 Å². The lowest BCUT2D eigenvalue weighted by Crippen LogP contribution is -2.31. The second kappa shape index (κ2) is 6.11. The Hall–Kier alpha value is -1.57. The highest BCUT2D eigenvalue weighted by atomic mass is 16.3. The van der Waals surface area contributed by atoms with Crippen molar-refractivity contribution in [3.63, 3.8) is 0 Å². The Morgan fingerprint density at radius 2 is 1.88 bits per heavy atom. The maximum atomic E-state index is 9.03. The van der Waals surface area contributed by atoms with Crippen molar-refractivity contribution in [1.29, 1.82) is 5.26 Å². The molecular weight excluding hydrogens is 204 g/mol. The first-order valence-corrected chi connectivity index (χ1v) is 5.21. The van der Waals surface area contributed by atoms with Crippen LogP contribution in [0.25, 0.3) is 0 Å². The van der Waals surface area contributed by atoms with Gasteiger partial charge in [0, 0.05) is 13.1 Å². The maximum Gasteiger partial charge on any atom is 0.101 e. The van der Waals surface area contributed by atoms with Crippen LogP contribution in [-0.2, 0) is 0 Å². The number of aryl methyl sites for hydroxylation is 1. The second-order valence-electron chi connectivity index (χ2n) is 3.52. The average molecular weight is 220 g/mol. The molecule has 0 unspecified atom stereocenters. The van der Waals surface area contributed by atoms with Crippen molar-refractivity contribution in [3.05, 3.63) is 29.3 Å². The van der Waals surface area contributed by atoms with Gasteiger partial charge in [-0.25, -0.2) is 0 Å². The molecule has 16 heavy (non-hydrogen) atoms.